The molecule has 1 N–H and O–H groups in total. The molecule has 0 aliphatic heterocycles. The highest BCUT2D eigenvalue weighted by Gasteiger charge is 2.09. The first-order valence-electron chi connectivity index (χ1n) is 18.6. The van der Waals surface area contributed by atoms with Crippen LogP contribution in [-0.4, -0.2) is 71.1 Å². The number of fused-ring (bicyclic) bond motifs is 6. The van der Waals surface area contributed by atoms with Crippen LogP contribution in [0, 0.1) is 0 Å². The Hall–Kier alpha value is -2.55. The number of alkyl halides is 1. The van der Waals surface area contributed by atoms with E-state index in [1.54, 1.807) is 0 Å². The van der Waals surface area contributed by atoms with Gasteiger partial charge in [0.15, 0.2) is 0 Å². The highest BCUT2D eigenvalue weighted by atomic mass is 35.5. The van der Waals surface area contributed by atoms with Crippen molar-refractivity contribution >= 4 is 74.6 Å². The van der Waals surface area contributed by atoms with E-state index >= 15 is 0 Å². The Morgan fingerprint density at radius 3 is 1.06 bits per heavy atom. The van der Waals surface area contributed by atoms with E-state index in [0.29, 0.717) is 5.88 Å². The van der Waals surface area contributed by atoms with Gasteiger partial charge in [0.1, 0.15) is 0 Å². The number of hydrogen-bond donors (Lipinski definition) is 1. The summed E-state index contributed by atoms with van der Waals surface area (Å²) in [5.41, 5.74) is 5.31. The SMILES string of the molecule is CC.CC.CC.CC.CN(C)Cc1ccc2c(c1)sc1ccc(CN(C)C)cc12.CN(C)Cc1ccc2sc3cc(CCl)ccc3c2c1.CNC. The fraction of sp³-hybridized carbons (Fsp3) is 0.455. The second-order valence-electron chi connectivity index (χ2n) is 11.9. The van der Waals surface area contributed by atoms with Gasteiger partial charge in [-0.3, -0.25) is 0 Å². The van der Waals surface area contributed by atoms with Crippen LogP contribution in [0.5, 0.6) is 0 Å². The van der Waals surface area contributed by atoms with Gasteiger partial charge in [0.25, 0.3) is 0 Å². The van der Waals surface area contributed by atoms with Gasteiger partial charge in [-0.1, -0.05) is 91.8 Å². The van der Waals surface area contributed by atoms with Crippen LogP contribution in [-0.2, 0) is 25.5 Å². The summed E-state index contributed by atoms with van der Waals surface area (Å²) in [6.07, 6.45) is 0. The molecule has 51 heavy (non-hydrogen) atoms. The molecule has 0 bridgehead atoms. The molecule has 0 fully saturated rings. The molecule has 0 radical (unpaired) electrons. The second-order valence-corrected chi connectivity index (χ2v) is 14.3. The summed E-state index contributed by atoms with van der Waals surface area (Å²) in [6.45, 7) is 19.0. The van der Waals surface area contributed by atoms with Crippen molar-refractivity contribution in [2.75, 3.05) is 56.4 Å². The Labute approximate surface area is 325 Å². The molecule has 2 heterocycles. The molecule has 284 valence electrons. The molecule has 7 heteroatoms. The number of halogens is 1. The molecule has 4 nitrogen and oxygen atoms in total. The lowest BCUT2D eigenvalue weighted by Gasteiger charge is -2.10. The molecule has 0 amide bonds. The van der Waals surface area contributed by atoms with Gasteiger partial charge in [-0.25, -0.2) is 0 Å². The number of nitrogens with one attached hydrogen (secondary N) is 1. The first kappa shape index (κ1) is 48.5. The first-order chi connectivity index (χ1) is 24.6. The van der Waals surface area contributed by atoms with E-state index in [2.05, 4.69) is 135 Å². The average Bonchev–Trinajstić information content (AvgIpc) is 3.68. The zero-order valence-corrected chi connectivity index (χ0v) is 37.2. The summed E-state index contributed by atoms with van der Waals surface area (Å²) in [5, 5.41) is 8.24. The Morgan fingerprint density at radius 2 is 0.725 bits per heavy atom. The van der Waals surface area contributed by atoms with Crippen LogP contribution in [0.2, 0.25) is 0 Å². The van der Waals surface area contributed by atoms with Crippen molar-refractivity contribution in [3.05, 3.63) is 95.1 Å². The minimum Gasteiger partial charge on any atom is -0.323 e. The molecule has 6 aromatic rings. The van der Waals surface area contributed by atoms with Crippen molar-refractivity contribution < 1.29 is 0 Å². The molecular weight excluding hydrogens is 684 g/mol. The van der Waals surface area contributed by atoms with Crippen LogP contribution in [0.3, 0.4) is 0 Å². The minimum absolute atomic E-state index is 0.579. The standard InChI is InChI=1S/C18H22N2S.C16H16ClNS.C2H7N.4C2H6/c1-19(2)11-13-6-8-17-16(9-13)15-7-5-14(12-20(3)4)10-18(15)21-17;1-18(2)10-12-4-6-15-14(7-12)13-5-3-11(9-17)8-16(13)19-15;1-3-2;4*1-2/h5-10H,11-12H2,1-4H3;3-8H,9-10H2,1-2H3;3H,1-2H3;4*1-2H3. The van der Waals surface area contributed by atoms with Crippen molar-refractivity contribution in [2.45, 2.75) is 80.9 Å². The lowest BCUT2D eigenvalue weighted by atomic mass is 10.1. The lowest BCUT2D eigenvalue weighted by molar-refractivity contribution is 0.402. The maximum absolute atomic E-state index is 5.91. The minimum atomic E-state index is 0.579. The van der Waals surface area contributed by atoms with Gasteiger partial charge < -0.3 is 20.0 Å². The fourth-order valence-electron chi connectivity index (χ4n) is 5.21. The summed E-state index contributed by atoms with van der Waals surface area (Å²) < 4.78 is 5.46. The van der Waals surface area contributed by atoms with E-state index in [1.165, 1.54) is 62.6 Å². The third-order valence-corrected chi connectivity index (χ3v) is 9.43. The topological polar surface area (TPSA) is 21.8 Å². The normalized spacial score (nSPS) is 10.2. The Balaban J connectivity index is 0.000000773. The summed E-state index contributed by atoms with van der Waals surface area (Å²) in [5.74, 6) is 0.579. The maximum atomic E-state index is 5.91. The van der Waals surface area contributed by atoms with Crippen molar-refractivity contribution in [1.82, 2.24) is 20.0 Å². The molecule has 0 aliphatic rings. The molecule has 2 aromatic heterocycles. The molecule has 6 rings (SSSR count). The van der Waals surface area contributed by atoms with Crippen LogP contribution in [0.25, 0.3) is 40.3 Å². The second kappa shape index (κ2) is 27.1. The third kappa shape index (κ3) is 15.5. The molecule has 0 atom stereocenters. The average molecular weight is 754 g/mol. The number of thiophene rings is 2. The predicted octanol–water partition coefficient (Wildman–Crippen LogP) is 13.0. The van der Waals surface area contributed by atoms with Gasteiger partial charge in [0.05, 0.1) is 0 Å². The van der Waals surface area contributed by atoms with Crippen molar-refractivity contribution in [3.63, 3.8) is 0 Å². The van der Waals surface area contributed by atoms with E-state index in [1.807, 2.05) is 92.2 Å². The van der Waals surface area contributed by atoms with Crippen LogP contribution in [0.1, 0.15) is 77.6 Å². The van der Waals surface area contributed by atoms with E-state index in [-0.39, 0.29) is 0 Å². The van der Waals surface area contributed by atoms with Gasteiger partial charge >= 0.3 is 0 Å². The number of hydrogen-bond acceptors (Lipinski definition) is 6. The molecule has 4 aromatic carbocycles. The molecule has 0 aliphatic carbocycles. The maximum Gasteiger partial charge on any atom is 0.0474 e. The Morgan fingerprint density at radius 1 is 0.431 bits per heavy atom. The van der Waals surface area contributed by atoms with Crippen LogP contribution < -0.4 is 5.32 Å². The summed E-state index contributed by atoms with van der Waals surface area (Å²) >= 11 is 9.65. The predicted molar refractivity (Wildman–Crippen MR) is 241 cm³/mol. The smallest absolute Gasteiger partial charge is 0.0474 e. The third-order valence-electron chi connectivity index (χ3n) is 6.85. The Bertz CT molecular complexity index is 1790. The Kier molecular flexibility index (Phi) is 25.8. The van der Waals surface area contributed by atoms with E-state index in [9.17, 15) is 0 Å². The lowest BCUT2D eigenvalue weighted by Crippen LogP contribution is -2.10. The zero-order valence-electron chi connectivity index (χ0n) is 34.8. The summed E-state index contributed by atoms with van der Waals surface area (Å²) in [7, 11) is 16.4. The van der Waals surface area contributed by atoms with Gasteiger partial charge in [-0.15, -0.1) is 34.3 Å². The summed E-state index contributed by atoms with van der Waals surface area (Å²) in [4.78, 5) is 6.62. The van der Waals surface area contributed by atoms with Gasteiger partial charge in [0.2, 0.25) is 0 Å². The van der Waals surface area contributed by atoms with Gasteiger partial charge in [-0.05, 0) is 115 Å². The van der Waals surface area contributed by atoms with Gasteiger partial charge in [-0.2, -0.15) is 0 Å². The molecule has 0 saturated heterocycles. The molecular formula is C44H69ClN4S2. The van der Waals surface area contributed by atoms with E-state index in [0.717, 1.165) is 19.6 Å². The zero-order chi connectivity index (χ0) is 39.1. The molecule has 0 spiro atoms. The highest BCUT2D eigenvalue weighted by molar-refractivity contribution is 7.26. The van der Waals surface area contributed by atoms with Crippen LogP contribution in [0.4, 0.5) is 0 Å². The van der Waals surface area contributed by atoms with E-state index < -0.39 is 0 Å². The summed E-state index contributed by atoms with van der Waals surface area (Å²) in [6, 6.07) is 27.0. The molecule has 0 unspecified atom stereocenters. The van der Waals surface area contributed by atoms with Crippen molar-refractivity contribution in [3.8, 4) is 0 Å². The monoisotopic (exact) mass is 752 g/mol. The highest BCUT2D eigenvalue weighted by Crippen LogP contribution is 2.36. The number of rotatable bonds is 7. The van der Waals surface area contributed by atoms with Crippen LogP contribution >= 0.6 is 34.3 Å². The van der Waals surface area contributed by atoms with E-state index in [4.69, 9.17) is 11.6 Å². The number of benzene rings is 4. The molecule has 0 saturated carbocycles. The van der Waals surface area contributed by atoms with Gasteiger partial charge in [0, 0.05) is 65.9 Å². The fourth-order valence-corrected chi connectivity index (χ4v) is 7.68. The first-order valence-corrected chi connectivity index (χ1v) is 20.7. The van der Waals surface area contributed by atoms with Crippen molar-refractivity contribution in [2.24, 2.45) is 0 Å². The van der Waals surface area contributed by atoms with Crippen molar-refractivity contribution in [1.29, 1.82) is 0 Å². The largest absolute Gasteiger partial charge is 0.323 e. The number of nitrogens with zero attached hydrogens (tertiary/aromatic N) is 3. The quantitative estimate of drug-likeness (QED) is 0.164. The van der Waals surface area contributed by atoms with Crippen LogP contribution in [0.15, 0.2) is 72.8 Å².